The molecule has 1 aliphatic rings. The molecule has 114 valence electrons. The maximum atomic E-state index is 12.4. The number of carboxylic acid groups (broad SMARTS) is 1. The van der Waals surface area contributed by atoms with Gasteiger partial charge in [-0.1, -0.05) is 19.1 Å². The first kappa shape index (κ1) is 15.4. The highest BCUT2D eigenvalue weighted by Crippen LogP contribution is 2.24. The van der Waals surface area contributed by atoms with Crippen LogP contribution in [0.5, 0.6) is 0 Å². The van der Waals surface area contributed by atoms with Crippen molar-refractivity contribution in [3.05, 3.63) is 29.8 Å². The maximum Gasteiger partial charge on any atom is 0.326 e. The first-order valence-electron chi connectivity index (χ1n) is 7.36. The van der Waals surface area contributed by atoms with Crippen molar-refractivity contribution < 1.29 is 14.7 Å². The van der Waals surface area contributed by atoms with E-state index in [-0.39, 0.29) is 11.8 Å². The quantitative estimate of drug-likeness (QED) is 0.833. The van der Waals surface area contributed by atoms with Gasteiger partial charge >= 0.3 is 5.97 Å². The third-order valence-corrected chi connectivity index (χ3v) is 4.09. The first-order chi connectivity index (χ1) is 9.99. The Morgan fingerprint density at radius 2 is 2.00 bits per heavy atom. The summed E-state index contributed by atoms with van der Waals surface area (Å²) in [5.41, 5.74) is 7.39. The number of carbonyl (C=O) groups excluding carboxylic acids is 1. The van der Waals surface area contributed by atoms with E-state index >= 15 is 0 Å². The lowest BCUT2D eigenvalue weighted by Crippen LogP contribution is -2.48. The number of hydrogen-bond donors (Lipinski definition) is 2. The highest BCUT2D eigenvalue weighted by atomic mass is 16.4. The average Bonchev–Trinajstić information content (AvgIpc) is 2.47. The van der Waals surface area contributed by atoms with Crippen LogP contribution in [-0.4, -0.2) is 34.5 Å². The molecule has 1 saturated heterocycles. The molecule has 1 aromatic carbocycles. The summed E-state index contributed by atoms with van der Waals surface area (Å²) in [7, 11) is 0. The third-order valence-electron chi connectivity index (χ3n) is 4.09. The van der Waals surface area contributed by atoms with Gasteiger partial charge in [-0.2, -0.15) is 0 Å². The second-order valence-corrected chi connectivity index (χ2v) is 5.71. The summed E-state index contributed by atoms with van der Waals surface area (Å²) in [6, 6.07) is 6.80. The zero-order valence-corrected chi connectivity index (χ0v) is 12.3. The topological polar surface area (TPSA) is 83.6 Å². The van der Waals surface area contributed by atoms with Crippen LogP contribution in [0.1, 0.15) is 44.1 Å². The van der Waals surface area contributed by atoms with Gasteiger partial charge in [0.1, 0.15) is 6.04 Å². The Bertz CT molecular complexity index is 513. The van der Waals surface area contributed by atoms with Crippen molar-refractivity contribution in [2.75, 3.05) is 12.3 Å². The number of hydrogen-bond acceptors (Lipinski definition) is 3. The smallest absolute Gasteiger partial charge is 0.326 e. The molecular weight excluding hydrogens is 268 g/mol. The molecule has 0 radical (unpaired) electrons. The molecule has 3 N–H and O–H groups in total. The van der Waals surface area contributed by atoms with Crippen LogP contribution in [0, 0.1) is 0 Å². The zero-order valence-electron chi connectivity index (χ0n) is 12.3. The summed E-state index contributed by atoms with van der Waals surface area (Å²) >= 11 is 0. The lowest BCUT2D eigenvalue weighted by Gasteiger charge is -2.33. The van der Waals surface area contributed by atoms with Crippen LogP contribution in [0.15, 0.2) is 24.3 Å². The minimum atomic E-state index is -0.900. The molecule has 21 heavy (non-hydrogen) atoms. The number of carboxylic acids is 1. The van der Waals surface area contributed by atoms with Crippen molar-refractivity contribution in [2.45, 2.75) is 44.6 Å². The lowest BCUT2D eigenvalue weighted by molar-refractivity contribution is -0.152. The molecule has 0 spiro atoms. The van der Waals surface area contributed by atoms with E-state index in [0.29, 0.717) is 25.1 Å². The number of amides is 1. The minimum Gasteiger partial charge on any atom is -0.480 e. The van der Waals surface area contributed by atoms with Crippen LogP contribution >= 0.6 is 0 Å². The van der Waals surface area contributed by atoms with Gasteiger partial charge in [0.05, 0.1) is 0 Å². The number of likely N-dealkylation sites (tertiary alicyclic amines) is 1. The van der Waals surface area contributed by atoms with E-state index in [1.807, 2.05) is 31.2 Å². The Labute approximate surface area is 124 Å². The zero-order chi connectivity index (χ0) is 15.4. The molecule has 1 heterocycles. The monoisotopic (exact) mass is 290 g/mol. The summed E-state index contributed by atoms with van der Waals surface area (Å²) in [5, 5.41) is 9.23. The fourth-order valence-corrected chi connectivity index (χ4v) is 2.81. The average molecular weight is 290 g/mol. The molecule has 1 aromatic rings. The Balaban J connectivity index is 2.02. The molecule has 0 aliphatic carbocycles. The van der Waals surface area contributed by atoms with E-state index < -0.39 is 12.0 Å². The maximum absolute atomic E-state index is 12.4. The summed E-state index contributed by atoms with van der Waals surface area (Å²) < 4.78 is 0. The van der Waals surface area contributed by atoms with Crippen molar-refractivity contribution in [3.63, 3.8) is 0 Å². The molecule has 1 amide bonds. The van der Waals surface area contributed by atoms with E-state index in [9.17, 15) is 14.7 Å². The number of aliphatic carboxylic acids is 1. The summed E-state index contributed by atoms with van der Waals surface area (Å²) in [6.07, 6.45) is 2.63. The number of piperidine rings is 1. The Morgan fingerprint density at radius 3 is 2.62 bits per heavy atom. The summed E-state index contributed by atoms with van der Waals surface area (Å²) in [6.45, 7) is 2.52. The molecule has 2 atom stereocenters. The number of rotatable bonds is 4. The van der Waals surface area contributed by atoms with Gasteiger partial charge in [-0.3, -0.25) is 4.79 Å². The molecule has 5 nitrogen and oxygen atoms in total. The second kappa shape index (κ2) is 6.61. The number of nitrogens with two attached hydrogens (primary N) is 1. The van der Waals surface area contributed by atoms with Crippen molar-refractivity contribution in [1.29, 1.82) is 0 Å². The van der Waals surface area contributed by atoms with E-state index in [4.69, 9.17) is 5.73 Å². The predicted molar refractivity (Wildman–Crippen MR) is 80.9 cm³/mol. The predicted octanol–water partition coefficient (Wildman–Crippen LogP) is 2.23. The van der Waals surface area contributed by atoms with E-state index in [0.717, 1.165) is 18.4 Å². The summed E-state index contributed by atoms with van der Waals surface area (Å²) in [5.74, 6) is -0.927. The molecule has 1 aliphatic heterocycles. The molecule has 2 rings (SSSR count). The van der Waals surface area contributed by atoms with Gasteiger partial charge in [0.15, 0.2) is 0 Å². The van der Waals surface area contributed by atoms with Gasteiger partial charge < -0.3 is 15.7 Å². The molecule has 5 heteroatoms. The van der Waals surface area contributed by atoms with Crippen LogP contribution in [0.25, 0.3) is 0 Å². The van der Waals surface area contributed by atoms with Crippen molar-refractivity contribution in [3.8, 4) is 0 Å². The van der Waals surface area contributed by atoms with Gasteiger partial charge in [-0.25, -0.2) is 4.79 Å². The molecule has 0 saturated carbocycles. The Kier molecular flexibility index (Phi) is 4.83. The third kappa shape index (κ3) is 3.74. The van der Waals surface area contributed by atoms with E-state index in [2.05, 4.69) is 0 Å². The fraction of sp³-hybridized carbons (Fsp3) is 0.500. The molecular formula is C16H22N2O3. The highest BCUT2D eigenvalue weighted by Gasteiger charge is 2.32. The van der Waals surface area contributed by atoms with Gasteiger partial charge in [0.25, 0.3) is 0 Å². The largest absolute Gasteiger partial charge is 0.480 e. The van der Waals surface area contributed by atoms with E-state index in [1.165, 1.54) is 4.90 Å². The van der Waals surface area contributed by atoms with Crippen molar-refractivity contribution in [2.24, 2.45) is 0 Å². The van der Waals surface area contributed by atoms with Gasteiger partial charge in [-0.05, 0) is 42.9 Å². The fourth-order valence-electron chi connectivity index (χ4n) is 2.81. The highest BCUT2D eigenvalue weighted by molar-refractivity contribution is 5.84. The Morgan fingerprint density at radius 1 is 1.33 bits per heavy atom. The standard InChI is InChI=1S/C16H22N2O3/c1-11(12-5-7-13(17)8-6-12)10-15(19)18-9-3-2-4-14(18)16(20)21/h5-8,11,14H,2-4,9-10,17H2,1H3,(H,20,21)/t11?,14-/m0/s1. The van der Waals surface area contributed by atoms with Gasteiger partial charge in [0, 0.05) is 18.7 Å². The number of anilines is 1. The lowest BCUT2D eigenvalue weighted by atomic mass is 9.95. The first-order valence-corrected chi connectivity index (χ1v) is 7.36. The minimum absolute atomic E-state index is 0.0504. The van der Waals surface area contributed by atoms with Crippen LogP contribution in [0.3, 0.4) is 0 Å². The number of carbonyl (C=O) groups is 2. The van der Waals surface area contributed by atoms with Gasteiger partial charge in [-0.15, -0.1) is 0 Å². The van der Waals surface area contributed by atoms with Crippen LogP contribution < -0.4 is 5.73 Å². The number of benzene rings is 1. The molecule has 1 fully saturated rings. The van der Waals surface area contributed by atoms with E-state index in [1.54, 1.807) is 0 Å². The van der Waals surface area contributed by atoms with Crippen LogP contribution in [0.2, 0.25) is 0 Å². The van der Waals surface area contributed by atoms with Crippen molar-refractivity contribution in [1.82, 2.24) is 4.90 Å². The Hall–Kier alpha value is -2.04. The van der Waals surface area contributed by atoms with Crippen molar-refractivity contribution >= 4 is 17.6 Å². The SMILES string of the molecule is CC(CC(=O)N1CCCC[C@H]1C(=O)O)c1ccc(N)cc1. The number of nitrogens with zero attached hydrogens (tertiary/aromatic N) is 1. The van der Waals surface area contributed by atoms with Gasteiger partial charge in [0.2, 0.25) is 5.91 Å². The summed E-state index contributed by atoms with van der Waals surface area (Å²) in [4.78, 5) is 25.2. The number of nitrogen functional groups attached to an aromatic ring is 1. The van der Waals surface area contributed by atoms with Crippen LogP contribution in [0.4, 0.5) is 5.69 Å². The molecule has 0 aromatic heterocycles. The van der Waals surface area contributed by atoms with Crippen LogP contribution in [-0.2, 0) is 9.59 Å². The molecule has 0 bridgehead atoms. The second-order valence-electron chi connectivity index (χ2n) is 5.71. The molecule has 1 unspecified atom stereocenters. The normalized spacial score (nSPS) is 20.0.